The van der Waals surface area contributed by atoms with Crippen LogP contribution in [-0.4, -0.2) is 24.8 Å². The summed E-state index contributed by atoms with van der Waals surface area (Å²) in [5.41, 5.74) is 4.30. The van der Waals surface area contributed by atoms with Crippen molar-refractivity contribution in [2.24, 2.45) is 22.5 Å². The van der Waals surface area contributed by atoms with Crippen molar-refractivity contribution in [3.8, 4) is 0 Å². The average molecular weight is 224 g/mol. The summed E-state index contributed by atoms with van der Waals surface area (Å²) >= 11 is 0. The monoisotopic (exact) mass is 224 g/mol. The quantitative estimate of drug-likeness (QED) is 0.684. The molecule has 2 aliphatic rings. The third kappa shape index (κ3) is 1.32. The van der Waals surface area contributed by atoms with Gasteiger partial charge in [-0.15, -0.1) is 0 Å². The molecule has 4 nitrogen and oxygen atoms in total. The highest BCUT2D eigenvalue weighted by Crippen LogP contribution is 2.60. The van der Waals surface area contributed by atoms with Gasteiger partial charge in [-0.1, -0.05) is 13.8 Å². The van der Waals surface area contributed by atoms with Crippen molar-refractivity contribution in [2.45, 2.75) is 33.1 Å². The number of nitrogens with one attached hydrogen (secondary N) is 1. The summed E-state index contributed by atoms with van der Waals surface area (Å²) in [5, 5.41) is 2.78. The van der Waals surface area contributed by atoms with Crippen molar-refractivity contribution >= 4 is 11.7 Å². The zero-order valence-corrected chi connectivity index (χ0v) is 10.0. The van der Waals surface area contributed by atoms with Crippen LogP contribution in [-0.2, 0) is 9.59 Å². The molecule has 3 N–H and O–H groups in total. The predicted molar refractivity (Wildman–Crippen MR) is 60.6 cm³/mol. The average Bonchev–Trinajstić information content (AvgIpc) is 2.76. The molecule has 2 unspecified atom stereocenters. The molecule has 90 valence electrons. The number of amides is 1. The van der Waals surface area contributed by atoms with Gasteiger partial charge in [0.15, 0.2) is 5.78 Å². The predicted octanol–water partition coefficient (Wildman–Crippen LogP) is 0.457. The second kappa shape index (κ2) is 3.55. The Hall–Kier alpha value is -0.900. The minimum Gasteiger partial charge on any atom is -0.354 e. The molecule has 0 aromatic heterocycles. The molecule has 0 aromatic rings. The molecular weight excluding hydrogens is 204 g/mol. The minimum absolute atomic E-state index is 0.101. The molecule has 1 amide bonds. The van der Waals surface area contributed by atoms with Crippen LogP contribution in [0.2, 0.25) is 0 Å². The van der Waals surface area contributed by atoms with Crippen molar-refractivity contribution in [3.05, 3.63) is 0 Å². The van der Waals surface area contributed by atoms with Gasteiger partial charge in [0, 0.05) is 18.5 Å². The fraction of sp³-hybridized carbons (Fsp3) is 0.833. The van der Waals surface area contributed by atoms with Gasteiger partial charge in [-0.05, 0) is 25.2 Å². The highest BCUT2D eigenvalue weighted by Gasteiger charge is 2.64. The number of fused-ring (bicyclic) bond motifs is 2. The molecule has 0 heterocycles. The second-order valence-corrected chi connectivity index (χ2v) is 5.62. The van der Waals surface area contributed by atoms with E-state index in [1.807, 2.05) is 13.8 Å². The van der Waals surface area contributed by atoms with Crippen molar-refractivity contribution in [3.63, 3.8) is 0 Å². The SMILES string of the molecule is CC1(C)C(=O)C2(C(=O)NCCN)CCC1C2. The van der Waals surface area contributed by atoms with Gasteiger partial charge in [0.1, 0.15) is 5.41 Å². The van der Waals surface area contributed by atoms with Crippen LogP contribution in [0.3, 0.4) is 0 Å². The largest absolute Gasteiger partial charge is 0.354 e. The van der Waals surface area contributed by atoms with Crippen LogP contribution < -0.4 is 11.1 Å². The first kappa shape index (κ1) is 11.6. The lowest BCUT2D eigenvalue weighted by Gasteiger charge is -2.32. The molecule has 2 fully saturated rings. The molecule has 2 rings (SSSR count). The van der Waals surface area contributed by atoms with Crippen molar-refractivity contribution in [1.29, 1.82) is 0 Å². The maximum absolute atomic E-state index is 12.3. The van der Waals surface area contributed by atoms with E-state index >= 15 is 0 Å². The van der Waals surface area contributed by atoms with Crippen LogP contribution in [0.4, 0.5) is 0 Å². The summed E-state index contributed by atoms with van der Waals surface area (Å²) in [4.78, 5) is 24.4. The van der Waals surface area contributed by atoms with E-state index in [0.29, 0.717) is 19.0 Å². The molecule has 16 heavy (non-hydrogen) atoms. The van der Waals surface area contributed by atoms with Crippen LogP contribution in [0.25, 0.3) is 0 Å². The number of rotatable bonds is 3. The number of nitrogens with two attached hydrogens (primary N) is 1. The Bertz CT molecular complexity index is 338. The van der Waals surface area contributed by atoms with Gasteiger partial charge in [-0.3, -0.25) is 9.59 Å². The molecule has 2 bridgehead atoms. The zero-order chi connectivity index (χ0) is 12.0. The highest BCUT2D eigenvalue weighted by atomic mass is 16.2. The van der Waals surface area contributed by atoms with E-state index in [9.17, 15) is 9.59 Å². The zero-order valence-electron chi connectivity index (χ0n) is 10.0. The molecule has 0 saturated heterocycles. The maximum atomic E-state index is 12.3. The molecule has 2 aliphatic carbocycles. The number of Topliss-reactive ketones (excluding diaryl/α,β-unsaturated/α-hetero) is 1. The molecule has 2 saturated carbocycles. The topological polar surface area (TPSA) is 72.2 Å². The maximum Gasteiger partial charge on any atom is 0.233 e. The lowest BCUT2D eigenvalue weighted by molar-refractivity contribution is -0.145. The van der Waals surface area contributed by atoms with E-state index in [-0.39, 0.29) is 17.1 Å². The Labute approximate surface area is 96.0 Å². The van der Waals surface area contributed by atoms with Crippen molar-refractivity contribution < 1.29 is 9.59 Å². The Morgan fingerprint density at radius 3 is 2.75 bits per heavy atom. The third-order valence-corrected chi connectivity index (χ3v) is 4.42. The van der Waals surface area contributed by atoms with Crippen LogP contribution in [0, 0.1) is 16.7 Å². The fourth-order valence-electron chi connectivity index (χ4n) is 3.33. The first-order chi connectivity index (χ1) is 7.45. The lowest BCUT2D eigenvalue weighted by atomic mass is 9.70. The number of ketones is 1. The number of carbonyl (C=O) groups is 2. The van der Waals surface area contributed by atoms with Crippen LogP contribution >= 0.6 is 0 Å². The van der Waals surface area contributed by atoms with Crippen molar-refractivity contribution in [2.75, 3.05) is 13.1 Å². The van der Waals surface area contributed by atoms with E-state index in [4.69, 9.17) is 5.73 Å². The molecule has 0 aromatic carbocycles. The van der Waals surface area contributed by atoms with Crippen LogP contribution in [0.1, 0.15) is 33.1 Å². The smallest absolute Gasteiger partial charge is 0.233 e. The third-order valence-electron chi connectivity index (χ3n) is 4.42. The Morgan fingerprint density at radius 2 is 2.25 bits per heavy atom. The standard InChI is InChI=1S/C12H20N2O2/c1-11(2)8-3-4-12(7-8,9(11)15)10(16)14-6-5-13/h8H,3-7,13H2,1-2H3,(H,14,16). The van der Waals surface area contributed by atoms with E-state index in [2.05, 4.69) is 5.32 Å². The Balaban J connectivity index is 2.20. The summed E-state index contributed by atoms with van der Waals surface area (Å²) in [6.07, 6.45) is 2.44. The summed E-state index contributed by atoms with van der Waals surface area (Å²) < 4.78 is 0. The summed E-state index contributed by atoms with van der Waals surface area (Å²) in [6, 6.07) is 0. The Morgan fingerprint density at radius 1 is 1.56 bits per heavy atom. The molecule has 0 radical (unpaired) electrons. The van der Waals surface area contributed by atoms with Gasteiger partial charge in [0.2, 0.25) is 5.91 Å². The van der Waals surface area contributed by atoms with Crippen LogP contribution in [0.5, 0.6) is 0 Å². The summed E-state index contributed by atoms with van der Waals surface area (Å²) in [7, 11) is 0. The van der Waals surface area contributed by atoms with Gasteiger partial charge in [-0.2, -0.15) is 0 Å². The second-order valence-electron chi connectivity index (χ2n) is 5.62. The highest BCUT2D eigenvalue weighted by molar-refractivity contribution is 6.10. The summed E-state index contributed by atoms with van der Waals surface area (Å²) in [5.74, 6) is 0.408. The van der Waals surface area contributed by atoms with Crippen LogP contribution in [0.15, 0.2) is 0 Å². The normalized spacial score (nSPS) is 35.4. The number of hydrogen-bond acceptors (Lipinski definition) is 3. The van der Waals surface area contributed by atoms with Gasteiger partial charge in [0.25, 0.3) is 0 Å². The number of hydrogen-bond donors (Lipinski definition) is 2. The lowest BCUT2D eigenvalue weighted by Crippen LogP contribution is -2.48. The molecular formula is C12H20N2O2. The van der Waals surface area contributed by atoms with Gasteiger partial charge in [-0.25, -0.2) is 0 Å². The Kier molecular flexibility index (Phi) is 2.57. The molecule has 2 atom stereocenters. The van der Waals surface area contributed by atoms with E-state index < -0.39 is 5.41 Å². The van der Waals surface area contributed by atoms with E-state index in [0.717, 1.165) is 19.3 Å². The van der Waals surface area contributed by atoms with Gasteiger partial charge >= 0.3 is 0 Å². The fourth-order valence-corrected chi connectivity index (χ4v) is 3.33. The van der Waals surface area contributed by atoms with E-state index in [1.165, 1.54) is 0 Å². The van der Waals surface area contributed by atoms with Gasteiger partial charge in [0.05, 0.1) is 0 Å². The van der Waals surface area contributed by atoms with E-state index in [1.54, 1.807) is 0 Å². The number of carbonyl (C=O) groups excluding carboxylic acids is 2. The molecule has 0 spiro atoms. The first-order valence-electron chi connectivity index (χ1n) is 5.98. The molecule has 0 aliphatic heterocycles. The molecule has 4 heteroatoms. The minimum atomic E-state index is -0.733. The van der Waals surface area contributed by atoms with Gasteiger partial charge < -0.3 is 11.1 Å². The summed E-state index contributed by atoms with van der Waals surface area (Å²) in [6.45, 7) is 4.82. The van der Waals surface area contributed by atoms with Crippen molar-refractivity contribution in [1.82, 2.24) is 5.32 Å². The first-order valence-corrected chi connectivity index (χ1v) is 5.98.